The fourth-order valence-electron chi connectivity index (χ4n) is 0.895. The Balaban J connectivity index is 2.93. The zero-order valence-electron chi connectivity index (χ0n) is 7.25. The van der Waals surface area contributed by atoms with Crippen LogP contribution in [-0.4, -0.2) is 44.8 Å². The van der Waals surface area contributed by atoms with Gasteiger partial charge in [0.1, 0.15) is 24.4 Å². The van der Waals surface area contributed by atoms with Crippen LogP contribution in [0.25, 0.3) is 0 Å². The molecular formula is C10H10O4. The fourth-order valence-corrected chi connectivity index (χ4v) is 0.895. The molecule has 4 atom stereocenters. The van der Waals surface area contributed by atoms with Crippen LogP contribution >= 0.6 is 0 Å². The van der Waals surface area contributed by atoms with E-state index < -0.39 is 24.4 Å². The predicted octanol–water partition coefficient (Wildman–Crippen LogP) is -1.99. The molecule has 0 aromatic carbocycles. The van der Waals surface area contributed by atoms with Crippen LogP contribution in [-0.2, 0) is 0 Å². The van der Waals surface area contributed by atoms with E-state index in [1.54, 1.807) is 0 Å². The summed E-state index contributed by atoms with van der Waals surface area (Å²) in [5.41, 5.74) is 0. The predicted molar refractivity (Wildman–Crippen MR) is 48.7 cm³/mol. The average molecular weight is 194 g/mol. The first-order chi connectivity index (χ1) is 6.63. The van der Waals surface area contributed by atoms with Crippen LogP contribution in [0.1, 0.15) is 0 Å². The second-order valence-corrected chi connectivity index (χ2v) is 2.78. The molecule has 0 bridgehead atoms. The fraction of sp³-hybridized carbons (Fsp3) is 0.400. The highest BCUT2D eigenvalue weighted by atomic mass is 16.4. The highest BCUT2D eigenvalue weighted by molar-refractivity contribution is 5.28. The molecule has 0 saturated carbocycles. The molecule has 4 nitrogen and oxygen atoms in total. The van der Waals surface area contributed by atoms with E-state index in [4.69, 9.17) is 0 Å². The molecule has 0 saturated heterocycles. The molecule has 0 heterocycles. The normalized spacial score (nSPS) is 38.6. The van der Waals surface area contributed by atoms with Crippen molar-refractivity contribution in [1.29, 1.82) is 0 Å². The van der Waals surface area contributed by atoms with Crippen LogP contribution in [0.15, 0.2) is 12.2 Å². The summed E-state index contributed by atoms with van der Waals surface area (Å²) >= 11 is 0. The van der Waals surface area contributed by atoms with Gasteiger partial charge in [0, 0.05) is 0 Å². The first-order valence-corrected chi connectivity index (χ1v) is 4.02. The molecule has 1 aliphatic rings. The van der Waals surface area contributed by atoms with Crippen molar-refractivity contribution in [3.63, 3.8) is 0 Å². The van der Waals surface area contributed by atoms with Crippen molar-refractivity contribution in [2.45, 2.75) is 24.4 Å². The number of hydrogen-bond acceptors (Lipinski definition) is 4. The molecule has 0 aromatic rings. The van der Waals surface area contributed by atoms with E-state index in [1.165, 1.54) is 12.2 Å². The van der Waals surface area contributed by atoms with E-state index in [-0.39, 0.29) is 0 Å². The van der Waals surface area contributed by atoms with Crippen LogP contribution in [0, 0.1) is 23.7 Å². The minimum atomic E-state index is -1.53. The number of aliphatic hydroxyl groups excluding tert-OH is 4. The van der Waals surface area contributed by atoms with Crippen LogP contribution < -0.4 is 0 Å². The van der Waals surface area contributed by atoms with Crippen LogP contribution in [0.5, 0.6) is 0 Å². The molecule has 0 spiro atoms. The summed E-state index contributed by atoms with van der Waals surface area (Å²) < 4.78 is 0. The van der Waals surface area contributed by atoms with Gasteiger partial charge in [-0.3, -0.25) is 0 Å². The summed E-state index contributed by atoms with van der Waals surface area (Å²) in [6, 6.07) is 0. The highest BCUT2D eigenvalue weighted by Crippen LogP contribution is 2.04. The van der Waals surface area contributed by atoms with Gasteiger partial charge in [0.25, 0.3) is 0 Å². The molecule has 0 radical (unpaired) electrons. The molecule has 0 aromatic heterocycles. The number of rotatable bonds is 0. The molecule has 74 valence electrons. The number of aliphatic hydroxyl groups is 4. The van der Waals surface area contributed by atoms with Gasteiger partial charge < -0.3 is 20.4 Å². The van der Waals surface area contributed by atoms with Crippen LogP contribution in [0.2, 0.25) is 0 Å². The maximum atomic E-state index is 9.28. The van der Waals surface area contributed by atoms with E-state index in [0.717, 1.165) is 0 Å². The molecule has 0 aliphatic heterocycles. The lowest BCUT2D eigenvalue weighted by atomic mass is 10.0. The molecule has 0 fully saturated rings. The summed E-state index contributed by atoms with van der Waals surface area (Å²) in [6.45, 7) is 0. The Morgan fingerprint density at radius 1 is 0.714 bits per heavy atom. The largest absolute Gasteiger partial charge is 0.387 e. The maximum absolute atomic E-state index is 9.28. The molecule has 0 amide bonds. The summed E-state index contributed by atoms with van der Waals surface area (Å²) in [5.74, 6) is 9.44. The van der Waals surface area contributed by atoms with Gasteiger partial charge in [0.2, 0.25) is 0 Å². The SMILES string of the molecule is O[C@@H]1[C@@H](O)[C@H](O)C#C/C=C\C#C[C@H]1O. The van der Waals surface area contributed by atoms with Crippen LogP contribution in [0.3, 0.4) is 0 Å². The van der Waals surface area contributed by atoms with E-state index in [2.05, 4.69) is 23.7 Å². The smallest absolute Gasteiger partial charge is 0.143 e. The van der Waals surface area contributed by atoms with Crippen molar-refractivity contribution in [2.24, 2.45) is 0 Å². The maximum Gasteiger partial charge on any atom is 0.143 e. The van der Waals surface area contributed by atoms with Crippen molar-refractivity contribution < 1.29 is 20.4 Å². The highest BCUT2D eigenvalue weighted by Gasteiger charge is 2.28. The molecule has 1 aliphatic carbocycles. The molecule has 4 N–H and O–H groups in total. The third-order valence-corrected chi connectivity index (χ3v) is 1.71. The molecule has 14 heavy (non-hydrogen) atoms. The van der Waals surface area contributed by atoms with Gasteiger partial charge in [0.05, 0.1) is 0 Å². The summed E-state index contributed by atoms with van der Waals surface area (Å²) in [5, 5.41) is 37.0. The van der Waals surface area contributed by atoms with Gasteiger partial charge in [-0.05, 0) is 12.2 Å². The number of allylic oxidation sites excluding steroid dienone is 2. The minimum Gasteiger partial charge on any atom is -0.387 e. The van der Waals surface area contributed by atoms with Gasteiger partial charge in [-0.25, -0.2) is 0 Å². The number of hydrogen-bond donors (Lipinski definition) is 4. The third kappa shape index (κ3) is 2.59. The molecule has 0 unspecified atom stereocenters. The Morgan fingerprint density at radius 3 is 1.43 bits per heavy atom. The topological polar surface area (TPSA) is 80.9 Å². The van der Waals surface area contributed by atoms with Crippen LogP contribution in [0.4, 0.5) is 0 Å². The zero-order chi connectivity index (χ0) is 10.6. The lowest BCUT2D eigenvalue weighted by Crippen LogP contribution is -2.43. The van der Waals surface area contributed by atoms with Gasteiger partial charge in [-0.15, -0.1) is 0 Å². The molecule has 4 heteroatoms. The Hall–Kier alpha value is -1.30. The van der Waals surface area contributed by atoms with Crippen molar-refractivity contribution in [3.8, 4) is 23.7 Å². The lowest BCUT2D eigenvalue weighted by molar-refractivity contribution is -0.0752. The Morgan fingerprint density at radius 2 is 1.07 bits per heavy atom. The van der Waals surface area contributed by atoms with E-state index in [0.29, 0.717) is 0 Å². The van der Waals surface area contributed by atoms with Gasteiger partial charge >= 0.3 is 0 Å². The van der Waals surface area contributed by atoms with Crippen molar-refractivity contribution in [2.75, 3.05) is 0 Å². The summed E-state index contributed by atoms with van der Waals surface area (Å²) in [7, 11) is 0. The average Bonchev–Trinajstić information content (AvgIpc) is 2.19. The monoisotopic (exact) mass is 194 g/mol. The lowest BCUT2D eigenvalue weighted by Gasteiger charge is -2.21. The van der Waals surface area contributed by atoms with Crippen molar-refractivity contribution >= 4 is 0 Å². The van der Waals surface area contributed by atoms with E-state index >= 15 is 0 Å². The molecule has 1 rings (SSSR count). The van der Waals surface area contributed by atoms with E-state index in [1.807, 2.05) is 0 Å². The van der Waals surface area contributed by atoms with Gasteiger partial charge in [-0.1, -0.05) is 23.7 Å². The quantitative estimate of drug-likeness (QED) is 0.336. The summed E-state index contributed by atoms with van der Waals surface area (Å²) in [6.07, 6.45) is -3.09. The van der Waals surface area contributed by atoms with Gasteiger partial charge in [-0.2, -0.15) is 0 Å². The Kier molecular flexibility index (Phi) is 3.70. The Labute approximate surface area is 81.5 Å². The minimum absolute atomic E-state index is 1.38. The molecular weight excluding hydrogens is 184 g/mol. The first kappa shape index (κ1) is 10.8. The first-order valence-electron chi connectivity index (χ1n) is 4.02. The van der Waals surface area contributed by atoms with Gasteiger partial charge in [0.15, 0.2) is 0 Å². The second-order valence-electron chi connectivity index (χ2n) is 2.78. The van der Waals surface area contributed by atoms with E-state index in [9.17, 15) is 20.4 Å². The second kappa shape index (κ2) is 4.80. The standard InChI is InChI=1S/C10H10O4/c11-7-5-3-1-2-4-6-8(12)10(14)9(7)13/h1-2,7-14H/b2-1-/t7-,8-,9+,10+/m1/s1. The van der Waals surface area contributed by atoms with Crippen molar-refractivity contribution in [3.05, 3.63) is 12.2 Å². The zero-order valence-corrected chi connectivity index (χ0v) is 7.25. The van der Waals surface area contributed by atoms with Crippen molar-refractivity contribution in [1.82, 2.24) is 0 Å². The Bertz CT molecular complexity index is 305. The third-order valence-electron chi connectivity index (χ3n) is 1.71. The summed E-state index contributed by atoms with van der Waals surface area (Å²) in [4.78, 5) is 0.